The summed E-state index contributed by atoms with van der Waals surface area (Å²) >= 11 is 0. The molecule has 0 aliphatic carbocycles. The SMILES string of the molecule is c1cc2cccc(-c3c4ccccc4c(-c4cccc5ccccc45)c4ccc(-c5ccc6c(c5)c5cnccc5n6-c5ccc6ccccc6c5)cc34)c2cc#1. The van der Waals surface area contributed by atoms with Crippen molar-refractivity contribution < 1.29 is 0 Å². The predicted molar refractivity (Wildman–Crippen MR) is 240 cm³/mol. The largest absolute Gasteiger partial charge is 0.309 e. The van der Waals surface area contributed by atoms with Crippen LogP contribution in [0.5, 0.6) is 0 Å². The van der Waals surface area contributed by atoms with Crippen molar-refractivity contribution in [1.82, 2.24) is 9.55 Å². The molecule has 0 fully saturated rings. The van der Waals surface area contributed by atoms with Gasteiger partial charge in [0.05, 0.1) is 11.0 Å². The van der Waals surface area contributed by atoms with Gasteiger partial charge < -0.3 is 4.57 Å². The molecule has 262 valence electrons. The lowest BCUT2D eigenvalue weighted by Gasteiger charge is -2.20. The Kier molecular flexibility index (Phi) is 6.87. The Bertz CT molecular complexity index is 3580. The zero-order valence-electron chi connectivity index (χ0n) is 30.9. The van der Waals surface area contributed by atoms with Crippen molar-refractivity contribution in [2.24, 2.45) is 0 Å². The van der Waals surface area contributed by atoms with Gasteiger partial charge in [-0.05, 0) is 136 Å². The Labute approximate surface area is 329 Å². The highest BCUT2D eigenvalue weighted by molar-refractivity contribution is 6.25. The molecule has 0 saturated heterocycles. The van der Waals surface area contributed by atoms with Gasteiger partial charge in [-0.1, -0.05) is 146 Å². The number of hydrogen-bond acceptors (Lipinski definition) is 1. The zero-order chi connectivity index (χ0) is 37.5. The monoisotopic (exact) mass is 720 g/mol. The number of pyridine rings is 1. The summed E-state index contributed by atoms with van der Waals surface area (Å²) in [6.45, 7) is 0. The van der Waals surface area contributed by atoms with Crippen LogP contribution in [0.1, 0.15) is 0 Å². The van der Waals surface area contributed by atoms with E-state index in [9.17, 15) is 0 Å². The highest BCUT2D eigenvalue weighted by Gasteiger charge is 2.21. The summed E-state index contributed by atoms with van der Waals surface area (Å²) in [5.41, 5.74) is 10.7. The lowest BCUT2D eigenvalue weighted by atomic mass is 9.83. The van der Waals surface area contributed by atoms with Crippen molar-refractivity contribution >= 4 is 75.7 Å². The van der Waals surface area contributed by atoms with E-state index in [4.69, 9.17) is 0 Å². The molecule has 0 N–H and O–H groups in total. The number of hydrogen-bond donors (Lipinski definition) is 0. The van der Waals surface area contributed by atoms with E-state index in [1.54, 1.807) is 0 Å². The molecule has 0 amide bonds. The first-order valence-corrected chi connectivity index (χ1v) is 19.4. The molecule has 0 unspecified atom stereocenters. The lowest BCUT2D eigenvalue weighted by molar-refractivity contribution is 1.18. The van der Waals surface area contributed by atoms with Crippen LogP contribution in [0.25, 0.3) is 115 Å². The molecule has 0 radical (unpaired) electrons. The van der Waals surface area contributed by atoms with Crippen molar-refractivity contribution in [1.29, 1.82) is 0 Å². The van der Waals surface area contributed by atoms with Gasteiger partial charge in [0.15, 0.2) is 0 Å². The van der Waals surface area contributed by atoms with Gasteiger partial charge >= 0.3 is 0 Å². The van der Waals surface area contributed by atoms with Crippen molar-refractivity contribution in [3.63, 3.8) is 0 Å². The van der Waals surface area contributed by atoms with Crippen LogP contribution in [0.4, 0.5) is 0 Å². The summed E-state index contributed by atoms with van der Waals surface area (Å²) in [6.07, 6.45) is 3.90. The number of rotatable bonds is 4. The molecule has 2 heterocycles. The molecular formula is C55H32N2. The van der Waals surface area contributed by atoms with Gasteiger partial charge in [0.25, 0.3) is 0 Å². The summed E-state index contributed by atoms with van der Waals surface area (Å²) in [4.78, 5) is 4.60. The molecular weight excluding hydrogens is 689 g/mol. The normalized spacial score (nSPS) is 11.7. The molecule has 2 aromatic heterocycles. The third-order valence-corrected chi connectivity index (χ3v) is 11.9. The van der Waals surface area contributed by atoms with Gasteiger partial charge in [0, 0.05) is 28.9 Å². The maximum Gasteiger partial charge on any atom is 0.0571 e. The summed E-state index contributed by atoms with van der Waals surface area (Å²) in [7, 11) is 0. The second-order valence-electron chi connectivity index (χ2n) is 15.0. The average Bonchev–Trinajstić information content (AvgIpc) is 3.61. The Morgan fingerprint density at radius 1 is 0.368 bits per heavy atom. The molecule has 2 nitrogen and oxygen atoms in total. The predicted octanol–water partition coefficient (Wildman–Crippen LogP) is 14.5. The van der Waals surface area contributed by atoms with E-state index < -0.39 is 0 Å². The van der Waals surface area contributed by atoms with Gasteiger partial charge in [0.1, 0.15) is 0 Å². The van der Waals surface area contributed by atoms with E-state index in [-0.39, 0.29) is 0 Å². The van der Waals surface area contributed by atoms with Gasteiger partial charge in [0.2, 0.25) is 0 Å². The molecule has 0 bridgehead atoms. The van der Waals surface area contributed by atoms with Crippen LogP contribution in [0, 0.1) is 12.1 Å². The van der Waals surface area contributed by atoms with Crippen molar-refractivity contribution in [3.05, 3.63) is 207 Å². The molecule has 0 aliphatic rings. The summed E-state index contributed by atoms with van der Waals surface area (Å²) in [6, 6.07) is 72.9. The molecule has 0 atom stereocenters. The van der Waals surface area contributed by atoms with Crippen LogP contribution in [0.2, 0.25) is 0 Å². The van der Waals surface area contributed by atoms with E-state index in [0.717, 1.165) is 33.1 Å². The second-order valence-corrected chi connectivity index (χ2v) is 15.0. The minimum Gasteiger partial charge on any atom is -0.309 e. The quantitative estimate of drug-likeness (QED) is 0.166. The van der Waals surface area contributed by atoms with Crippen LogP contribution >= 0.6 is 0 Å². The van der Waals surface area contributed by atoms with Crippen LogP contribution in [-0.4, -0.2) is 9.55 Å². The Morgan fingerprint density at radius 3 is 1.82 bits per heavy atom. The maximum atomic E-state index is 4.60. The molecule has 57 heavy (non-hydrogen) atoms. The third kappa shape index (κ3) is 4.83. The topological polar surface area (TPSA) is 17.8 Å². The van der Waals surface area contributed by atoms with E-state index in [0.29, 0.717) is 0 Å². The van der Waals surface area contributed by atoms with Crippen LogP contribution < -0.4 is 0 Å². The van der Waals surface area contributed by atoms with Crippen molar-refractivity contribution in [2.45, 2.75) is 0 Å². The smallest absolute Gasteiger partial charge is 0.0571 e. The van der Waals surface area contributed by atoms with Gasteiger partial charge in [-0.25, -0.2) is 0 Å². The van der Waals surface area contributed by atoms with E-state index in [2.05, 4.69) is 198 Å². The van der Waals surface area contributed by atoms with E-state index >= 15 is 0 Å². The lowest BCUT2D eigenvalue weighted by Crippen LogP contribution is -1.94. The highest BCUT2D eigenvalue weighted by atomic mass is 15.0. The average molecular weight is 721 g/mol. The van der Waals surface area contributed by atoms with Gasteiger partial charge in [-0.2, -0.15) is 0 Å². The van der Waals surface area contributed by atoms with Gasteiger partial charge in [-0.15, -0.1) is 0 Å². The third-order valence-electron chi connectivity index (χ3n) is 11.9. The number of aromatic nitrogens is 2. The molecule has 12 rings (SSSR count). The first-order valence-electron chi connectivity index (χ1n) is 19.4. The van der Waals surface area contributed by atoms with Crippen LogP contribution in [0.15, 0.2) is 194 Å². The highest BCUT2D eigenvalue weighted by Crippen LogP contribution is 2.48. The summed E-state index contributed by atoms with van der Waals surface area (Å²) in [5, 5.41) is 14.5. The molecule has 2 heteroatoms. The Hall–Kier alpha value is -7.73. The fourth-order valence-corrected chi connectivity index (χ4v) is 9.34. The molecule has 10 aromatic carbocycles. The minimum absolute atomic E-state index is 1.14. The first kappa shape index (κ1) is 31.6. The van der Waals surface area contributed by atoms with Gasteiger partial charge in [-0.3, -0.25) is 4.98 Å². The van der Waals surface area contributed by atoms with Crippen molar-refractivity contribution in [2.75, 3.05) is 0 Å². The van der Waals surface area contributed by atoms with E-state index in [1.807, 2.05) is 18.5 Å². The molecule has 0 saturated carbocycles. The Morgan fingerprint density at radius 2 is 0.982 bits per heavy atom. The number of nitrogens with zero attached hydrogens (tertiary/aromatic N) is 2. The first-order chi connectivity index (χ1) is 28.3. The zero-order valence-corrected chi connectivity index (χ0v) is 30.9. The van der Waals surface area contributed by atoms with Crippen LogP contribution in [-0.2, 0) is 0 Å². The molecule has 12 aromatic rings. The Balaban J connectivity index is 1.15. The second kappa shape index (κ2) is 12.4. The summed E-state index contributed by atoms with van der Waals surface area (Å²) in [5.74, 6) is 0. The maximum absolute atomic E-state index is 4.60. The molecule has 0 aliphatic heterocycles. The fraction of sp³-hybridized carbons (Fsp3) is 0. The fourth-order valence-electron chi connectivity index (χ4n) is 9.34. The summed E-state index contributed by atoms with van der Waals surface area (Å²) < 4.78 is 2.37. The van der Waals surface area contributed by atoms with E-state index in [1.165, 1.54) is 81.7 Å². The van der Waals surface area contributed by atoms with Crippen molar-refractivity contribution in [3.8, 4) is 39.1 Å². The minimum atomic E-state index is 1.14. The van der Waals surface area contributed by atoms with Crippen LogP contribution in [0.3, 0.4) is 0 Å². The number of benzene rings is 9. The standard InChI is InChI=1S/C55H32N2/c1-2-14-38-31-41(26-23-35(38)11-1)57-52-28-25-40(32-49(52)51-34-56-30-29-53(51)57)39-24-27-48-50(33-39)55(45-22-10-16-37-13-4-6-18-43(37)45)47-20-8-7-19-46(47)54(48)44-21-9-15-36-12-3-5-17-42(36)44/h1-3,5,7-34H. The number of fused-ring (bicyclic) bond motifs is 8. The molecule has 0 spiro atoms.